The molecule has 0 radical (unpaired) electrons. The van der Waals surface area contributed by atoms with Crippen LogP contribution >= 0.6 is 11.3 Å². The number of aromatic nitrogens is 2. The fraction of sp³-hybridized carbons (Fsp3) is 0.682. The Morgan fingerprint density at radius 3 is 2.61 bits per heavy atom. The minimum Gasteiger partial charge on any atom is -0.388 e. The van der Waals surface area contributed by atoms with E-state index in [2.05, 4.69) is 9.88 Å². The van der Waals surface area contributed by atoms with Crippen LogP contribution in [0.3, 0.4) is 0 Å². The molecule has 0 aromatic carbocycles. The standard InChI is InChI=1S/C22H32N4O4S/c1-15(12-24-8-10-30-11-9-24)20(27)25-6-4-22(29,5-7-25)13-26-14-23-19-18(21(26)28)16(2)17(3)31-19/h14-15,29H,4-13H2,1-3H3/t15-/m0/s1. The number of morpholine rings is 1. The molecule has 2 aromatic rings. The summed E-state index contributed by atoms with van der Waals surface area (Å²) in [6, 6.07) is 0. The Kier molecular flexibility index (Phi) is 6.48. The van der Waals surface area contributed by atoms with Crippen molar-refractivity contribution < 1.29 is 14.6 Å². The highest BCUT2D eigenvalue weighted by Gasteiger charge is 2.36. The van der Waals surface area contributed by atoms with Crippen LogP contribution in [0.4, 0.5) is 0 Å². The van der Waals surface area contributed by atoms with Crippen LogP contribution in [-0.2, 0) is 16.1 Å². The lowest BCUT2D eigenvalue weighted by molar-refractivity contribution is -0.140. The van der Waals surface area contributed by atoms with Crippen molar-refractivity contribution in [2.45, 2.75) is 45.8 Å². The number of hydrogen-bond donors (Lipinski definition) is 1. The molecule has 1 N–H and O–H groups in total. The number of carbonyl (C=O) groups is 1. The van der Waals surface area contributed by atoms with E-state index >= 15 is 0 Å². The van der Waals surface area contributed by atoms with Crippen LogP contribution in [0.5, 0.6) is 0 Å². The third-order valence-electron chi connectivity index (χ3n) is 6.68. The van der Waals surface area contributed by atoms with Gasteiger partial charge in [0.1, 0.15) is 4.83 Å². The Bertz CT molecular complexity index is 1000. The minimum absolute atomic E-state index is 0.0803. The molecule has 2 aliphatic heterocycles. The second-order valence-corrected chi connectivity index (χ2v) is 10.2. The molecule has 170 valence electrons. The molecule has 0 aliphatic carbocycles. The number of thiophene rings is 1. The van der Waals surface area contributed by atoms with Gasteiger partial charge in [0.2, 0.25) is 5.91 Å². The normalized spacial score (nSPS) is 20.8. The van der Waals surface area contributed by atoms with Gasteiger partial charge < -0.3 is 14.7 Å². The van der Waals surface area contributed by atoms with Crippen molar-refractivity contribution in [1.82, 2.24) is 19.4 Å². The number of rotatable bonds is 5. The maximum absolute atomic E-state index is 13.0. The maximum atomic E-state index is 13.0. The molecule has 1 atom stereocenters. The van der Waals surface area contributed by atoms with E-state index in [0.29, 0.717) is 31.3 Å². The molecule has 0 unspecified atom stereocenters. The maximum Gasteiger partial charge on any atom is 0.262 e. The monoisotopic (exact) mass is 448 g/mol. The molecule has 2 aliphatic rings. The highest BCUT2D eigenvalue weighted by Crippen LogP contribution is 2.28. The second-order valence-electron chi connectivity index (χ2n) is 9.00. The molecule has 0 saturated carbocycles. The number of aryl methyl sites for hydroxylation is 2. The smallest absolute Gasteiger partial charge is 0.262 e. The summed E-state index contributed by atoms with van der Waals surface area (Å²) >= 11 is 1.52. The van der Waals surface area contributed by atoms with Crippen LogP contribution in [0.2, 0.25) is 0 Å². The average Bonchev–Trinajstić information content (AvgIpc) is 3.05. The highest BCUT2D eigenvalue weighted by atomic mass is 32.1. The zero-order valence-electron chi connectivity index (χ0n) is 18.6. The average molecular weight is 449 g/mol. The SMILES string of the molecule is Cc1sc2ncn(CC3(O)CCN(C(=O)[C@@H](C)CN4CCOCC4)CC3)c(=O)c2c1C. The summed E-state index contributed by atoms with van der Waals surface area (Å²) in [5, 5.41) is 11.8. The van der Waals surface area contributed by atoms with Gasteiger partial charge in [-0.05, 0) is 32.3 Å². The molecule has 0 bridgehead atoms. The van der Waals surface area contributed by atoms with Gasteiger partial charge in [0.05, 0.1) is 37.1 Å². The fourth-order valence-corrected chi connectivity index (χ4v) is 5.55. The fourth-order valence-electron chi connectivity index (χ4n) is 4.56. The van der Waals surface area contributed by atoms with Gasteiger partial charge >= 0.3 is 0 Å². The van der Waals surface area contributed by atoms with Gasteiger partial charge in [0.15, 0.2) is 0 Å². The van der Waals surface area contributed by atoms with Crippen LogP contribution in [0.1, 0.15) is 30.2 Å². The Balaban J connectivity index is 1.38. The first-order valence-corrected chi connectivity index (χ1v) is 11.9. The van der Waals surface area contributed by atoms with Crippen molar-refractivity contribution in [2.75, 3.05) is 45.9 Å². The first-order valence-electron chi connectivity index (χ1n) is 11.0. The molecule has 2 aromatic heterocycles. The van der Waals surface area contributed by atoms with Gasteiger partial charge in [-0.15, -0.1) is 11.3 Å². The molecule has 8 nitrogen and oxygen atoms in total. The lowest BCUT2D eigenvalue weighted by Crippen LogP contribution is -2.52. The third kappa shape index (κ3) is 4.69. The summed E-state index contributed by atoms with van der Waals surface area (Å²) in [7, 11) is 0. The Morgan fingerprint density at radius 1 is 1.26 bits per heavy atom. The van der Waals surface area contributed by atoms with Crippen LogP contribution < -0.4 is 5.56 Å². The van der Waals surface area contributed by atoms with Gasteiger partial charge in [-0.2, -0.15) is 0 Å². The molecule has 4 heterocycles. The van der Waals surface area contributed by atoms with Gasteiger partial charge in [0, 0.05) is 43.5 Å². The summed E-state index contributed by atoms with van der Waals surface area (Å²) in [5.41, 5.74) is -0.144. The number of nitrogens with zero attached hydrogens (tertiary/aromatic N) is 4. The van der Waals surface area contributed by atoms with E-state index in [1.165, 1.54) is 15.9 Å². The van der Waals surface area contributed by atoms with E-state index in [1.54, 1.807) is 6.33 Å². The van der Waals surface area contributed by atoms with Crippen molar-refractivity contribution in [3.05, 3.63) is 27.1 Å². The van der Waals surface area contributed by atoms with E-state index in [4.69, 9.17) is 4.74 Å². The third-order valence-corrected chi connectivity index (χ3v) is 7.80. The van der Waals surface area contributed by atoms with Crippen molar-refractivity contribution >= 4 is 27.5 Å². The topological polar surface area (TPSA) is 87.9 Å². The van der Waals surface area contributed by atoms with E-state index in [1.807, 2.05) is 25.7 Å². The molecule has 9 heteroatoms. The van der Waals surface area contributed by atoms with Gasteiger partial charge in [-0.25, -0.2) is 4.98 Å². The van der Waals surface area contributed by atoms with Gasteiger partial charge in [0.25, 0.3) is 5.56 Å². The van der Waals surface area contributed by atoms with Crippen LogP contribution in [-0.4, -0.2) is 81.9 Å². The largest absolute Gasteiger partial charge is 0.388 e. The minimum atomic E-state index is -1.01. The number of hydrogen-bond acceptors (Lipinski definition) is 7. The highest BCUT2D eigenvalue weighted by molar-refractivity contribution is 7.18. The van der Waals surface area contributed by atoms with Crippen molar-refractivity contribution in [2.24, 2.45) is 5.92 Å². The molecule has 2 saturated heterocycles. The Morgan fingerprint density at radius 2 is 1.94 bits per heavy atom. The lowest BCUT2D eigenvalue weighted by atomic mass is 9.90. The van der Waals surface area contributed by atoms with E-state index in [-0.39, 0.29) is 23.9 Å². The molecular weight excluding hydrogens is 416 g/mol. The number of ether oxygens (including phenoxy) is 1. The summed E-state index contributed by atoms with van der Waals surface area (Å²) < 4.78 is 6.90. The summed E-state index contributed by atoms with van der Waals surface area (Å²) in [6.07, 6.45) is 2.45. The zero-order chi connectivity index (χ0) is 22.2. The molecule has 0 spiro atoms. The van der Waals surface area contributed by atoms with Crippen LogP contribution in [0.15, 0.2) is 11.1 Å². The number of piperidine rings is 1. The van der Waals surface area contributed by atoms with Gasteiger partial charge in [-0.3, -0.25) is 19.1 Å². The Hall–Kier alpha value is -1.81. The van der Waals surface area contributed by atoms with E-state index < -0.39 is 5.60 Å². The lowest BCUT2D eigenvalue weighted by Gasteiger charge is -2.39. The first-order chi connectivity index (χ1) is 14.8. The van der Waals surface area contributed by atoms with E-state index in [0.717, 1.165) is 48.1 Å². The van der Waals surface area contributed by atoms with Gasteiger partial charge in [-0.1, -0.05) is 6.92 Å². The molecule has 2 fully saturated rings. The summed E-state index contributed by atoms with van der Waals surface area (Å²) in [4.78, 5) is 36.3. The van der Waals surface area contributed by atoms with Crippen LogP contribution in [0, 0.1) is 19.8 Å². The second kappa shape index (κ2) is 8.97. The van der Waals surface area contributed by atoms with Crippen molar-refractivity contribution in [3.63, 3.8) is 0 Å². The Labute approximate surface area is 186 Å². The van der Waals surface area contributed by atoms with Crippen LogP contribution in [0.25, 0.3) is 10.2 Å². The number of fused-ring (bicyclic) bond motifs is 1. The molecule has 4 rings (SSSR count). The molecule has 1 amide bonds. The quantitative estimate of drug-likeness (QED) is 0.744. The molecule has 31 heavy (non-hydrogen) atoms. The number of likely N-dealkylation sites (tertiary alicyclic amines) is 1. The first kappa shape index (κ1) is 22.4. The zero-order valence-corrected chi connectivity index (χ0v) is 19.4. The number of aliphatic hydroxyl groups is 1. The number of carbonyl (C=O) groups excluding carboxylic acids is 1. The molecular formula is C22H32N4O4S. The summed E-state index contributed by atoms with van der Waals surface area (Å²) in [5.74, 6) is 0.0569. The number of amides is 1. The van der Waals surface area contributed by atoms with E-state index in [9.17, 15) is 14.7 Å². The summed E-state index contributed by atoms with van der Waals surface area (Å²) in [6.45, 7) is 11.0. The predicted molar refractivity (Wildman–Crippen MR) is 121 cm³/mol. The predicted octanol–water partition coefficient (Wildman–Crippen LogP) is 1.40. The van der Waals surface area contributed by atoms with Crippen molar-refractivity contribution in [3.8, 4) is 0 Å². The van der Waals surface area contributed by atoms with Crippen molar-refractivity contribution in [1.29, 1.82) is 0 Å².